The van der Waals surface area contributed by atoms with Crippen LogP contribution in [0.25, 0.3) is 5.52 Å². The number of hydrogen-bond acceptors (Lipinski definition) is 4. The summed E-state index contributed by atoms with van der Waals surface area (Å²) in [6, 6.07) is 1.92. The van der Waals surface area contributed by atoms with Crippen LogP contribution in [0.3, 0.4) is 0 Å². The Morgan fingerprint density at radius 1 is 1.55 bits per heavy atom. The molecule has 0 spiro atoms. The average molecular weight is 166 g/mol. The standard InChI is InChI=1S/C6H6N4S/c1-11-6-5-2-3-8-10(5)4-7-9-6/h2-4H,1H3. The Bertz CT molecular complexity index is 369. The zero-order valence-electron chi connectivity index (χ0n) is 5.93. The molecule has 2 aromatic rings. The fourth-order valence-electron chi connectivity index (χ4n) is 0.899. The topological polar surface area (TPSA) is 43.1 Å². The Labute approximate surface area is 67.6 Å². The van der Waals surface area contributed by atoms with E-state index in [-0.39, 0.29) is 0 Å². The quantitative estimate of drug-likeness (QED) is 0.589. The van der Waals surface area contributed by atoms with Gasteiger partial charge in [-0.1, -0.05) is 0 Å². The molecule has 0 aliphatic heterocycles. The van der Waals surface area contributed by atoms with Gasteiger partial charge >= 0.3 is 0 Å². The number of rotatable bonds is 1. The summed E-state index contributed by atoms with van der Waals surface area (Å²) in [5, 5.41) is 12.7. The number of thioether (sulfide) groups is 1. The van der Waals surface area contributed by atoms with Gasteiger partial charge in [0.2, 0.25) is 0 Å². The third-order valence-corrected chi connectivity index (χ3v) is 2.07. The lowest BCUT2D eigenvalue weighted by atomic mass is 10.6. The molecule has 0 aliphatic carbocycles. The zero-order valence-corrected chi connectivity index (χ0v) is 6.75. The lowest BCUT2D eigenvalue weighted by molar-refractivity contribution is 0.818. The van der Waals surface area contributed by atoms with Crippen LogP contribution in [0.2, 0.25) is 0 Å². The van der Waals surface area contributed by atoms with Gasteiger partial charge in [0.05, 0.1) is 6.20 Å². The zero-order chi connectivity index (χ0) is 7.68. The van der Waals surface area contributed by atoms with Gasteiger partial charge in [-0.2, -0.15) is 5.10 Å². The van der Waals surface area contributed by atoms with Gasteiger partial charge in [0.15, 0.2) is 0 Å². The molecular weight excluding hydrogens is 160 g/mol. The molecule has 5 heteroatoms. The fraction of sp³-hybridized carbons (Fsp3) is 0.167. The molecule has 0 aliphatic rings. The monoisotopic (exact) mass is 166 g/mol. The maximum atomic E-state index is 4.03. The molecule has 0 amide bonds. The summed E-state index contributed by atoms with van der Waals surface area (Å²) in [7, 11) is 0. The van der Waals surface area contributed by atoms with Crippen LogP contribution in [0.1, 0.15) is 0 Å². The van der Waals surface area contributed by atoms with Crippen molar-refractivity contribution < 1.29 is 0 Å². The van der Waals surface area contributed by atoms with E-state index in [1.165, 1.54) is 0 Å². The molecule has 0 radical (unpaired) electrons. The van der Waals surface area contributed by atoms with E-state index in [0.29, 0.717) is 0 Å². The van der Waals surface area contributed by atoms with Crippen molar-refractivity contribution >= 4 is 17.3 Å². The second-order valence-electron chi connectivity index (χ2n) is 2.00. The smallest absolute Gasteiger partial charge is 0.144 e. The second-order valence-corrected chi connectivity index (χ2v) is 2.80. The van der Waals surface area contributed by atoms with Gasteiger partial charge in [0, 0.05) is 0 Å². The van der Waals surface area contributed by atoms with Crippen molar-refractivity contribution in [3.8, 4) is 0 Å². The second kappa shape index (κ2) is 2.50. The normalized spacial score (nSPS) is 10.6. The number of nitrogens with zero attached hydrogens (tertiary/aromatic N) is 4. The van der Waals surface area contributed by atoms with E-state index < -0.39 is 0 Å². The first kappa shape index (κ1) is 6.60. The first-order valence-corrected chi connectivity index (χ1v) is 4.33. The molecule has 0 saturated heterocycles. The van der Waals surface area contributed by atoms with Gasteiger partial charge in [0.25, 0.3) is 0 Å². The van der Waals surface area contributed by atoms with E-state index in [9.17, 15) is 0 Å². The predicted octanol–water partition coefficient (Wildman–Crippen LogP) is 0.846. The minimum absolute atomic E-state index is 0.907. The van der Waals surface area contributed by atoms with Crippen molar-refractivity contribution in [2.24, 2.45) is 0 Å². The van der Waals surface area contributed by atoms with E-state index >= 15 is 0 Å². The first-order chi connectivity index (χ1) is 5.42. The van der Waals surface area contributed by atoms with Crippen molar-refractivity contribution in [3.63, 3.8) is 0 Å². The highest BCUT2D eigenvalue weighted by Gasteiger charge is 2.00. The van der Waals surface area contributed by atoms with Crippen LogP contribution >= 0.6 is 11.8 Å². The van der Waals surface area contributed by atoms with Crippen LogP contribution in [-0.2, 0) is 0 Å². The third-order valence-electron chi connectivity index (χ3n) is 1.39. The van der Waals surface area contributed by atoms with Gasteiger partial charge in [-0.3, -0.25) is 0 Å². The Hall–Kier alpha value is -1.10. The Kier molecular flexibility index (Phi) is 1.50. The summed E-state index contributed by atoms with van der Waals surface area (Å²) in [6.45, 7) is 0. The molecule has 0 saturated carbocycles. The molecular formula is C6H6N4S. The third kappa shape index (κ3) is 0.970. The highest BCUT2D eigenvalue weighted by molar-refractivity contribution is 7.98. The van der Waals surface area contributed by atoms with E-state index in [0.717, 1.165) is 10.5 Å². The molecule has 0 unspecified atom stereocenters. The van der Waals surface area contributed by atoms with Crippen LogP contribution < -0.4 is 0 Å². The van der Waals surface area contributed by atoms with E-state index in [4.69, 9.17) is 0 Å². The van der Waals surface area contributed by atoms with Gasteiger partial charge in [0.1, 0.15) is 16.9 Å². The van der Waals surface area contributed by atoms with Gasteiger partial charge < -0.3 is 0 Å². The predicted molar refractivity (Wildman–Crippen MR) is 42.6 cm³/mol. The molecule has 56 valence electrons. The summed E-state index contributed by atoms with van der Waals surface area (Å²) >= 11 is 1.57. The molecule has 0 aromatic carbocycles. The van der Waals surface area contributed by atoms with Crippen LogP contribution in [0.15, 0.2) is 23.6 Å². The van der Waals surface area contributed by atoms with Crippen molar-refractivity contribution in [2.45, 2.75) is 5.03 Å². The molecule has 0 atom stereocenters. The lowest BCUT2D eigenvalue weighted by Gasteiger charge is -1.94. The number of fused-ring (bicyclic) bond motifs is 1. The number of aromatic nitrogens is 4. The van der Waals surface area contributed by atoms with Crippen LogP contribution in [0, 0.1) is 0 Å². The summed E-state index contributed by atoms with van der Waals surface area (Å²) in [5.41, 5.74) is 1.01. The van der Waals surface area contributed by atoms with Gasteiger partial charge in [-0.25, -0.2) is 4.52 Å². The molecule has 0 bridgehead atoms. The molecule has 2 heterocycles. The highest BCUT2D eigenvalue weighted by Crippen LogP contribution is 2.15. The van der Waals surface area contributed by atoms with Gasteiger partial charge in [-0.05, 0) is 12.3 Å². The molecule has 4 nitrogen and oxygen atoms in total. The average Bonchev–Trinajstić information content (AvgIpc) is 2.50. The maximum absolute atomic E-state index is 4.03. The molecule has 2 aromatic heterocycles. The fourth-order valence-corrected chi connectivity index (χ4v) is 1.40. The summed E-state index contributed by atoms with van der Waals surface area (Å²) in [6.07, 6.45) is 5.30. The van der Waals surface area contributed by atoms with Crippen LogP contribution in [0.5, 0.6) is 0 Å². The maximum Gasteiger partial charge on any atom is 0.144 e. The summed E-state index contributed by atoms with van der Waals surface area (Å²) in [5.74, 6) is 0. The number of hydrogen-bond donors (Lipinski definition) is 0. The van der Waals surface area contributed by atoms with Crippen molar-refractivity contribution in [2.75, 3.05) is 6.26 Å². The minimum Gasteiger partial charge on any atom is -0.218 e. The summed E-state index contributed by atoms with van der Waals surface area (Å²) < 4.78 is 1.71. The van der Waals surface area contributed by atoms with Crippen molar-refractivity contribution in [1.82, 2.24) is 19.8 Å². The van der Waals surface area contributed by atoms with Crippen molar-refractivity contribution in [1.29, 1.82) is 0 Å². The van der Waals surface area contributed by atoms with Gasteiger partial charge in [-0.15, -0.1) is 22.0 Å². The van der Waals surface area contributed by atoms with Crippen LogP contribution in [-0.4, -0.2) is 26.1 Å². The molecule has 0 N–H and O–H groups in total. The van der Waals surface area contributed by atoms with E-state index in [2.05, 4.69) is 15.3 Å². The largest absolute Gasteiger partial charge is 0.218 e. The minimum atomic E-state index is 0.907. The summed E-state index contributed by atoms with van der Waals surface area (Å²) in [4.78, 5) is 0. The Morgan fingerprint density at radius 2 is 2.45 bits per heavy atom. The molecule has 11 heavy (non-hydrogen) atoms. The van der Waals surface area contributed by atoms with E-state index in [1.54, 1.807) is 28.8 Å². The van der Waals surface area contributed by atoms with Crippen LogP contribution in [0.4, 0.5) is 0 Å². The first-order valence-electron chi connectivity index (χ1n) is 3.11. The van der Waals surface area contributed by atoms with E-state index in [1.807, 2.05) is 12.3 Å². The van der Waals surface area contributed by atoms with Crippen molar-refractivity contribution in [3.05, 3.63) is 18.6 Å². The molecule has 2 rings (SSSR count). The lowest BCUT2D eigenvalue weighted by Crippen LogP contribution is -1.93. The Balaban J connectivity index is 2.79. The SMILES string of the molecule is CSc1nncn2nccc12. The Morgan fingerprint density at radius 3 is 3.27 bits per heavy atom. The highest BCUT2D eigenvalue weighted by atomic mass is 32.2. The molecule has 0 fully saturated rings.